The number of tetrazole rings is 1. The zero-order valence-electron chi connectivity index (χ0n) is 10.5. The molecule has 17 heavy (non-hydrogen) atoms. The minimum Gasteiger partial charge on any atom is -0.481 e. The molecule has 96 valence electrons. The summed E-state index contributed by atoms with van der Waals surface area (Å²) in [4.78, 5) is 10.3. The minimum atomic E-state index is -0.729. The molecule has 0 bridgehead atoms. The first kappa shape index (κ1) is 13.6. The number of aliphatic carboxylic acids is 1. The van der Waals surface area contributed by atoms with Gasteiger partial charge in [0.1, 0.15) is 0 Å². The highest BCUT2D eigenvalue weighted by Crippen LogP contribution is 2.06. The minimum absolute atomic E-state index is 0.245. The zero-order chi connectivity index (χ0) is 12.7. The van der Waals surface area contributed by atoms with Crippen molar-refractivity contribution in [3.05, 3.63) is 5.82 Å². The molecule has 6 nitrogen and oxygen atoms in total. The van der Waals surface area contributed by atoms with Gasteiger partial charge in [-0.05, 0) is 29.2 Å². The Balaban J connectivity index is 2.26. The summed E-state index contributed by atoms with van der Waals surface area (Å²) in [6, 6.07) is 0. The highest BCUT2D eigenvalue weighted by molar-refractivity contribution is 5.66. The van der Waals surface area contributed by atoms with Crippen LogP contribution < -0.4 is 0 Å². The maximum absolute atomic E-state index is 10.3. The van der Waals surface area contributed by atoms with Gasteiger partial charge in [-0.2, -0.15) is 0 Å². The third kappa shape index (κ3) is 5.42. The average Bonchev–Trinajstić information content (AvgIpc) is 2.64. The van der Waals surface area contributed by atoms with Crippen molar-refractivity contribution in [2.45, 2.75) is 52.5 Å². The largest absolute Gasteiger partial charge is 0.481 e. The second-order valence-electron chi connectivity index (χ2n) is 4.62. The van der Waals surface area contributed by atoms with E-state index in [4.69, 9.17) is 5.11 Å². The van der Waals surface area contributed by atoms with Crippen molar-refractivity contribution < 1.29 is 9.90 Å². The highest BCUT2D eigenvalue weighted by Gasteiger charge is 2.07. The number of nitrogens with zero attached hydrogens (tertiary/aromatic N) is 4. The quantitative estimate of drug-likeness (QED) is 0.697. The lowest BCUT2D eigenvalue weighted by atomic mass is 10.1. The zero-order valence-corrected chi connectivity index (χ0v) is 10.5. The summed E-state index contributed by atoms with van der Waals surface area (Å²) < 4.78 is 1.82. The van der Waals surface area contributed by atoms with Crippen LogP contribution in [0.2, 0.25) is 0 Å². The number of hydrogen-bond acceptors (Lipinski definition) is 4. The number of aromatic nitrogens is 4. The van der Waals surface area contributed by atoms with Gasteiger partial charge >= 0.3 is 5.97 Å². The van der Waals surface area contributed by atoms with Crippen molar-refractivity contribution in [3.8, 4) is 0 Å². The number of aryl methyl sites for hydroxylation is 1. The molecule has 0 aromatic carbocycles. The normalized spacial score (nSPS) is 11.0. The summed E-state index contributed by atoms with van der Waals surface area (Å²) in [5.41, 5.74) is 0. The second-order valence-corrected chi connectivity index (χ2v) is 4.62. The molecule has 0 unspecified atom stereocenters. The third-order valence-corrected chi connectivity index (χ3v) is 2.46. The molecule has 6 heteroatoms. The van der Waals surface area contributed by atoms with Crippen LogP contribution >= 0.6 is 0 Å². The van der Waals surface area contributed by atoms with Gasteiger partial charge in [-0.1, -0.05) is 20.3 Å². The molecular formula is C11H20N4O2. The summed E-state index contributed by atoms with van der Waals surface area (Å²) in [6.07, 6.45) is 3.66. The van der Waals surface area contributed by atoms with Gasteiger partial charge in [-0.25, -0.2) is 4.68 Å². The van der Waals surface area contributed by atoms with E-state index >= 15 is 0 Å². The molecule has 1 aromatic heterocycles. The van der Waals surface area contributed by atoms with Crippen molar-refractivity contribution in [2.75, 3.05) is 0 Å². The van der Waals surface area contributed by atoms with Gasteiger partial charge in [0, 0.05) is 19.4 Å². The molecular weight excluding hydrogens is 220 g/mol. The maximum Gasteiger partial charge on any atom is 0.303 e. The van der Waals surface area contributed by atoms with Gasteiger partial charge in [-0.3, -0.25) is 4.79 Å². The lowest BCUT2D eigenvalue weighted by Gasteiger charge is -2.05. The van der Waals surface area contributed by atoms with Crippen LogP contribution in [-0.4, -0.2) is 31.3 Å². The standard InChI is InChI=1S/C11H20N4O2/c1-9(2)8-10-12-13-14-15(10)7-5-3-4-6-11(16)17/h9H,3-8H2,1-2H3,(H,16,17). The fraction of sp³-hybridized carbons (Fsp3) is 0.818. The van der Waals surface area contributed by atoms with Gasteiger partial charge in [0.05, 0.1) is 0 Å². The molecule has 0 aliphatic rings. The molecule has 1 rings (SSSR count). The van der Waals surface area contributed by atoms with Crippen molar-refractivity contribution in [2.24, 2.45) is 5.92 Å². The number of carboxylic acid groups (broad SMARTS) is 1. The first-order valence-corrected chi connectivity index (χ1v) is 6.06. The van der Waals surface area contributed by atoms with E-state index in [2.05, 4.69) is 29.4 Å². The maximum atomic E-state index is 10.3. The number of carboxylic acids is 1. The predicted molar refractivity (Wildman–Crippen MR) is 62.5 cm³/mol. The highest BCUT2D eigenvalue weighted by atomic mass is 16.4. The summed E-state index contributed by atoms with van der Waals surface area (Å²) in [6.45, 7) is 5.03. The van der Waals surface area contributed by atoms with Crippen LogP contribution in [0.15, 0.2) is 0 Å². The topological polar surface area (TPSA) is 80.9 Å². The predicted octanol–water partition coefficient (Wildman–Crippen LogP) is 1.52. The SMILES string of the molecule is CC(C)Cc1nnnn1CCCCCC(=O)O. The molecule has 0 spiro atoms. The molecule has 1 heterocycles. The van der Waals surface area contributed by atoms with Crippen molar-refractivity contribution in [1.29, 1.82) is 0 Å². The molecule has 0 fully saturated rings. The number of unbranched alkanes of at least 4 members (excludes halogenated alkanes) is 2. The summed E-state index contributed by atoms with van der Waals surface area (Å²) in [7, 11) is 0. The molecule has 0 amide bonds. The van der Waals surface area contributed by atoms with E-state index in [0.29, 0.717) is 5.92 Å². The Morgan fingerprint density at radius 2 is 2.12 bits per heavy atom. The van der Waals surface area contributed by atoms with E-state index in [1.54, 1.807) is 0 Å². The Morgan fingerprint density at radius 3 is 2.76 bits per heavy atom. The summed E-state index contributed by atoms with van der Waals surface area (Å²) in [5.74, 6) is 0.720. The monoisotopic (exact) mass is 240 g/mol. The number of carbonyl (C=O) groups is 1. The lowest BCUT2D eigenvalue weighted by Crippen LogP contribution is -2.08. The van der Waals surface area contributed by atoms with Crippen LogP contribution in [-0.2, 0) is 17.8 Å². The molecule has 0 aliphatic heterocycles. The Bertz CT molecular complexity index is 349. The van der Waals surface area contributed by atoms with Crippen LogP contribution in [0.4, 0.5) is 0 Å². The Morgan fingerprint density at radius 1 is 1.35 bits per heavy atom. The van der Waals surface area contributed by atoms with Crippen LogP contribution in [0.25, 0.3) is 0 Å². The van der Waals surface area contributed by atoms with Gasteiger partial charge in [0.25, 0.3) is 0 Å². The van der Waals surface area contributed by atoms with E-state index in [-0.39, 0.29) is 6.42 Å². The van der Waals surface area contributed by atoms with Gasteiger partial charge in [0.2, 0.25) is 0 Å². The smallest absolute Gasteiger partial charge is 0.303 e. The van der Waals surface area contributed by atoms with Crippen LogP contribution in [0.5, 0.6) is 0 Å². The molecule has 0 saturated heterocycles. The Hall–Kier alpha value is -1.46. The Labute approximate surface area is 101 Å². The van der Waals surface area contributed by atoms with Crippen LogP contribution in [0.3, 0.4) is 0 Å². The number of rotatable bonds is 8. The molecule has 0 atom stereocenters. The molecule has 1 N–H and O–H groups in total. The fourth-order valence-electron chi connectivity index (χ4n) is 1.62. The van der Waals surface area contributed by atoms with E-state index in [0.717, 1.165) is 38.1 Å². The van der Waals surface area contributed by atoms with Crippen molar-refractivity contribution in [1.82, 2.24) is 20.2 Å². The first-order chi connectivity index (χ1) is 8.09. The van der Waals surface area contributed by atoms with Crippen LogP contribution in [0.1, 0.15) is 45.4 Å². The molecule has 1 aromatic rings. The fourth-order valence-corrected chi connectivity index (χ4v) is 1.62. The van der Waals surface area contributed by atoms with E-state index in [1.165, 1.54) is 0 Å². The average molecular weight is 240 g/mol. The Kier molecular flexibility index (Phi) is 5.59. The van der Waals surface area contributed by atoms with Crippen LogP contribution in [0, 0.1) is 5.92 Å². The molecule has 0 aliphatic carbocycles. The second kappa shape index (κ2) is 6.98. The van der Waals surface area contributed by atoms with E-state index in [1.807, 2.05) is 4.68 Å². The molecule has 0 radical (unpaired) electrons. The van der Waals surface area contributed by atoms with Gasteiger partial charge in [0.15, 0.2) is 5.82 Å². The first-order valence-electron chi connectivity index (χ1n) is 6.06. The molecule has 0 saturated carbocycles. The van der Waals surface area contributed by atoms with Crippen molar-refractivity contribution in [3.63, 3.8) is 0 Å². The van der Waals surface area contributed by atoms with Gasteiger partial charge < -0.3 is 5.11 Å². The van der Waals surface area contributed by atoms with Crippen molar-refractivity contribution >= 4 is 5.97 Å². The summed E-state index contributed by atoms with van der Waals surface area (Å²) in [5, 5.41) is 20.1. The van der Waals surface area contributed by atoms with E-state index < -0.39 is 5.97 Å². The number of hydrogen-bond donors (Lipinski definition) is 1. The lowest BCUT2D eigenvalue weighted by molar-refractivity contribution is -0.137. The van der Waals surface area contributed by atoms with E-state index in [9.17, 15) is 4.79 Å². The van der Waals surface area contributed by atoms with Gasteiger partial charge in [-0.15, -0.1) is 5.10 Å². The summed E-state index contributed by atoms with van der Waals surface area (Å²) >= 11 is 0. The third-order valence-electron chi connectivity index (χ3n) is 2.46.